The molecule has 0 N–H and O–H groups in total. The molecule has 0 fully saturated rings. The van der Waals surface area contributed by atoms with Crippen LogP contribution in [0, 0.1) is 0 Å². The number of hydrogen-bond acceptors (Lipinski definition) is 0. The van der Waals surface area contributed by atoms with Gasteiger partial charge in [0.1, 0.15) is 11.9 Å². The summed E-state index contributed by atoms with van der Waals surface area (Å²) < 4.78 is 5.18. The minimum absolute atomic E-state index is 0.519. The van der Waals surface area contributed by atoms with Crippen LogP contribution in [0.1, 0.15) is 139 Å². The molecule has 0 aliphatic carbocycles. The van der Waals surface area contributed by atoms with E-state index < -0.39 is 0 Å². The minimum atomic E-state index is 0.519. The van der Waals surface area contributed by atoms with Crippen LogP contribution in [0.4, 0.5) is 0 Å². The van der Waals surface area contributed by atoms with Gasteiger partial charge in [-0.15, -0.1) is 0 Å². The molecule has 2 aromatic carbocycles. The summed E-state index contributed by atoms with van der Waals surface area (Å²) in [6.45, 7) is 9.15. The van der Waals surface area contributed by atoms with Crippen molar-refractivity contribution in [3.8, 4) is 0 Å². The zero-order valence-corrected chi connectivity index (χ0v) is 25.6. The number of rotatable bonds is 21. The van der Waals surface area contributed by atoms with Gasteiger partial charge < -0.3 is 0 Å². The molecule has 2 heteroatoms. The highest BCUT2D eigenvalue weighted by Crippen LogP contribution is 2.22. The van der Waals surface area contributed by atoms with Crippen LogP contribution in [-0.2, 0) is 25.9 Å². The maximum atomic E-state index is 2.59. The van der Waals surface area contributed by atoms with Crippen LogP contribution in [0.25, 0.3) is 0 Å². The first-order valence-corrected chi connectivity index (χ1v) is 16.4. The molecule has 0 spiro atoms. The largest absolute Gasteiger partial charge is 0.261 e. The van der Waals surface area contributed by atoms with E-state index in [9.17, 15) is 0 Å². The fourth-order valence-corrected chi connectivity index (χ4v) is 6.05. The van der Waals surface area contributed by atoms with Gasteiger partial charge in [-0.05, 0) is 36.8 Å². The van der Waals surface area contributed by atoms with Crippen LogP contribution >= 0.6 is 0 Å². The van der Waals surface area contributed by atoms with E-state index in [-0.39, 0.29) is 0 Å². The summed E-state index contributed by atoms with van der Waals surface area (Å²) >= 11 is 0. The van der Waals surface area contributed by atoms with E-state index in [0.29, 0.717) is 5.92 Å². The normalized spacial score (nSPS) is 12.2. The zero-order valence-electron chi connectivity index (χ0n) is 25.6. The second-order valence-corrected chi connectivity index (χ2v) is 11.7. The van der Waals surface area contributed by atoms with Crippen LogP contribution in [-0.4, -0.2) is 4.57 Å². The molecule has 1 unspecified atom stereocenters. The molecule has 0 amide bonds. The van der Waals surface area contributed by atoms with Crippen LogP contribution < -0.4 is 4.57 Å². The van der Waals surface area contributed by atoms with E-state index >= 15 is 0 Å². The lowest BCUT2D eigenvalue weighted by atomic mass is 9.96. The zero-order chi connectivity index (χ0) is 27.5. The quantitative estimate of drug-likeness (QED) is 0.0958. The lowest BCUT2D eigenvalue weighted by Crippen LogP contribution is -2.37. The molecular formula is C37H57N2+. The summed E-state index contributed by atoms with van der Waals surface area (Å²) in [6.07, 6.45) is 24.3. The van der Waals surface area contributed by atoms with Crippen molar-refractivity contribution in [2.45, 2.75) is 143 Å². The van der Waals surface area contributed by atoms with Crippen LogP contribution in [0.3, 0.4) is 0 Å². The predicted octanol–water partition coefficient (Wildman–Crippen LogP) is 10.2. The summed E-state index contributed by atoms with van der Waals surface area (Å²) in [4.78, 5) is 0. The number of hydrogen-bond donors (Lipinski definition) is 0. The van der Waals surface area contributed by atoms with Gasteiger partial charge in [-0.2, -0.15) is 0 Å². The number of unbranched alkanes of at least 4 members (excludes halogenated alkanes) is 13. The Hall–Kier alpha value is -2.35. The van der Waals surface area contributed by atoms with Gasteiger partial charge >= 0.3 is 0 Å². The molecule has 1 aromatic heterocycles. The highest BCUT2D eigenvalue weighted by Gasteiger charge is 2.24. The second-order valence-electron chi connectivity index (χ2n) is 11.7. The molecule has 0 radical (unpaired) electrons. The first kappa shape index (κ1) is 31.2. The molecule has 0 bridgehead atoms. The van der Waals surface area contributed by atoms with Gasteiger partial charge in [0.25, 0.3) is 5.82 Å². The Morgan fingerprint density at radius 1 is 0.641 bits per heavy atom. The Bertz CT molecular complexity index is 1000. The van der Waals surface area contributed by atoms with Crippen molar-refractivity contribution >= 4 is 0 Å². The Morgan fingerprint density at radius 3 is 1.69 bits per heavy atom. The van der Waals surface area contributed by atoms with Crippen molar-refractivity contribution in [3.63, 3.8) is 0 Å². The number of imidazole rings is 1. The molecule has 214 valence electrons. The maximum Gasteiger partial charge on any atom is 0.261 e. The molecular weight excluding hydrogens is 472 g/mol. The number of nitrogens with zero attached hydrogens (tertiary/aromatic N) is 2. The highest BCUT2D eigenvalue weighted by atomic mass is 15.2. The Kier molecular flexibility index (Phi) is 15.1. The van der Waals surface area contributed by atoms with Crippen molar-refractivity contribution in [2.75, 3.05) is 0 Å². The smallest absolute Gasteiger partial charge is 0.234 e. The first-order valence-electron chi connectivity index (χ1n) is 16.4. The highest BCUT2D eigenvalue weighted by molar-refractivity contribution is 5.22. The number of benzene rings is 2. The summed E-state index contributed by atoms with van der Waals surface area (Å²) in [5, 5.41) is 0. The van der Waals surface area contributed by atoms with Gasteiger partial charge in [0.2, 0.25) is 0 Å². The van der Waals surface area contributed by atoms with Crippen LogP contribution in [0.5, 0.6) is 0 Å². The topological polar surface area (TPSA) is 8.81 Å². The van der Waals surface area contributed by atoms with Gasteiger partial charge in [0.15, 0.2) is 0 Å². The average Bonchev–Trinajstić information content (AvgIpc) is 3.29. The van der Waals surface area contributed by atoms with Crippen molar-refractivity contribution in [2.24, 2.45) is 0 Å². The molecule has 3 aromatic rings. The summed E-state index contributed by atoms with van der Waals surface area (Å²) in [6, 6.07) is 22.0. The molecule has 0 aliphatic heterocycles. The van der Waals surface area contributed by atoms with E-state index in [1.807, 2.05) is 0 Å². The fourth-order valence-electron chi connectivity index (χ4n) is 6.05. The monoisotopic (exact) mass is 529 g/mol. The summed E-state index contributed by atoms with van der Waals surface area (Å²) in [5.74, 6) is 1.99. The molecule has 0 saturated carbocycles. The van der Waals surface area contributed by atoms with E-state index in [4.69, 9.17) is 0 Å². The maximum absolute atomic E-state index is 2.59. The van der Waals surface area contributed by atoms with Gasteiger partial charge in [0, 0.05) is 6.42 Å². The van der Waals surface area contributed by atoms with Crippen molar-refractivity contribution in [1.29, 1.82) is 0 Å². The molecule has 3 rings (SSSR count). The molecule has 0 saturated heterocycles. The molecule has 1 atom stereocenters. The summed E-state index contributed by atoms with van der Waals surface area (Å²) in [5.41, 5.74) is 4.32. The van der Waals surface area contributed by atoms with E-state index in [1.54, 1.807) is 0 Å². The number of aromatic nitrogens is 2. The predicted molar refractivity (Wildman–Crippen MR) is 168 cm³/mol. The lowest BCUT2D eigenvalue weighted by Gasteiger charge is -2.11. The van der Waals surface area contributed by atoms with Crippen LogP contribution in [0.15, 0.2) is 66.9 Å². The third-order valence-corrected chi connectivity index (χ3v) is 8.45. The van der Waals surface area contributed by atoms with Gasteiger partial charge in [-0.25, -0.2) is 9.13 Å². The Labute approximate surface area is 240 Å². The Morgan fingerprint density at radius 2 is 1.15 bits per heavy atom. The minimum Gasteiger partial charge on any atom is -0.234 e. The molecule has 2 nitrogen and oxygen atoms in total. The molecule has 39 heavy (non-hydrogen) atoms. The van der Waals surface area contributed by atoms with Crippen molar-refractivity contribution in [3.05, 3.63) is 89.5 Å². The van der Waals surface area contributed by atoms with Gasteiger partial charge in [-0.1, -0.05) is 152 Å². The van der Waals surface area contributed by atoms with Crippen molar-refractivity contribution < 1.29 is 4.57 Å². The third-order valence-electron chi connectivity index (χ3n) is 8.45. The van der Waals surface area contributed by atoms with Crippen LogP contribution in [0.2, 0.25) is 0 Å². The fraction of sp³-hybridized carbons (Fsp3) is 0.595. The first-order chi connectivity index (χ1) is 19.2. The molecule has 1 heterocycles. The molecule has 0 aliphatic rings. The van der Waals surface area contributed by atoms with E-state index in [2.05, 4.69) is 96.8 Å². The van der Waals surface area contributed by atoms with Crippen molar-refractivity contribution in [1.82, 2.24) is 4.57 Å². The second kappa shape index (κ2) is 18.9. The third kappa shape index (κ3) is 11.3. The van der Waals surface area contributed by atoms with Gasteiger partial charge in [0.05, 0.1) is 19.5 Å². The van der Waals surface area contributed by atoms with E-state index in [1.165, 1.54) is 113 Å². The number of aryl methyl sites for hydroxylation is 1. The standard InChI is InChI=1S/C37H57N2/c1-4-6-7-8-9-10-11-12-13-14-15-16-17-24-29-38-32-36(30-33(3)35-27-22-19-23-28-35)39(5-2)37(38)31-34-25-20-18-21-26-34/h18-23,25-28,32-33H,4-17,24,29-31H2,1-3H3/q+1. The van der Waals surface area contributed by atoms with Gasteiger partial charge in [-0.3, -0.25) is 0 Å². The lowest BCUT2D eigenvalue weighted by molar-refractivity contribution is -0.704. The Balaban J connectivity index is 1.47. The van der Waals surface area contributed by atoms with E-state index in [0.717, 1.165) is 25.9 Å². The SMILES string of the molecule is CCCCCCCCCCCCCCCC[n+]1cc(CC(C)c2ccccc2)n(CC)c1Cc1ccccc1. The average molecular weight is 530 g/mol. The summed E-state index contributed by atoms with van der Waals surface area (Å²) in [7, 11) is 0.